The third kappa shape index (κ3) is 3.08. The van der Waals surface area contributed by atoms with Gasteiger partial charge in [-0.25, -0.2) is 4.52 Å². The fourth-order valence-electron chi connectivity index (χ4n) is 1.38. The number of rotatable bonds is 3. The first-order valence-corrected chi connectivity index (χ1v) is 5.08. The number of anilines is 1. The fourth-order valence-corrected chi connectivity index (χ4v) is 1.38. The summed E-state index contributed by atoms with van der Waals surface area (Å²) in [4.78, 5) is 4.05. The molecular weight excluding hydrogens is 233 g/mol. The van der Waals surface area contributed by atoms with Gasteiger partial charge in [0, 0.05) is 12.7 Å². The Morgan fingerprint density at radius 3 is 2.82 bits per heavy atom. The van der Waals surface area contributed by atoms with Crippen molar-refractivity contribution in [1.82, 2.24) is 14.6 Å². The highest BCUT2D eigenvalue weighted by Crippen LogP contribution is 2.19. The molecule has 0 amide bonds. The van der Waals surface area contributed by atoms with Crippen LogP contribution in [0.3, 0.4) is 0 Å². The Morgan fingerprint density at radius 2 is 2.12 bits per heavy atom. The summed E-state index contributed by atoms with van der Waals surface area (Å²) in [6.07, 6.45) is -3.30. The molecule has 2 aromatic rings. The third-order valence-corrected chi connectivity index (χ3v) is 2.17. The minimum Gasteiger partial charge on any atom is -0.353 e. The molecule has 0 unspecified atom stereocenters. The highest BCUT2D eigenvalue weighted by molar-refractivity contribution is 5.43. The van der Waals surface area contributed by atoms with Crippen LogP contribution in [0.25, 0.3) is 5.65 Å². The summed E-state index contributed by atoms with van der Waals surface area (Å²) in [6, 6.07) is 3.63. The lowest BCUT2D eigenvalue weighted by Gasteiger charge is -2.05. The normalized spacial score (nSPS) is 12.0. The quantitative estimate of drug-likeness (QED) is 0.901. The Kier molecular flexibility index (Phi) is 2.91. The zero-order chi connectivity index (χ0) is 12.5. The first-order valence-electron chi connectivity index (χ1n) is 5.08. The van der Waals surface area contributed by atoms with Gasteiger partial charge in [-0.15, -0.1) is 5.10 Å². The number of alkyl halides is 3. The van der Waals surface area contributed by atoms with Gasteiger partial charge in [-0.2, -0.15) is 18.2 Å². The van der Waals surface area contributed by atoms with E-state index < -0.39 is 12.6 Å². The molecule has 2 aromatic heterocycles. The maximum Gasteiger partial charge on any atom is 0.390 e. The number of hydrogen-bond donors (Lipinski definition) is 1. The molecule has 0 fully saturated rings. The van der Waals surface area contributed by atoms with Gasteiger partial charge < -0.3 is 5.32 Å². The molecule has 0 bridgehead atoms. The Labute approximate surface area is 95.5 Å². The van der Waals surface area contributed by atoms with E-state index in [0.29, 0.717) is 5.65 Å². The van der Waals surface area contributed by atoms with Gasteiger partial charge in [0.05, 0.1) is 6.42 Å². The zero-order valence-corrected chi connectivity index (χ0v) is 9.12. The predicted octanol–water partition coefficient (Wildman–Crippen LogP) is 2.40. The van der Waals surface area contributed by atoms with Gasteiger partial charge in [0.1, 0.15) is 0 Å². The molecule has 0 aliphatic carbocycles. The van der Waals surface area contributed by atoms with Crippen LogP contribution in [0.2, 0.25) is 0 Å². The Morgan fingerprint density at radius 1 is 1.35 bits per heavy atom. The van der Waals surface area contributed by atoms with E-state index >= 15 is 0 Å². The highest BCUT2D eigenvalue weighted by Gasteiger charge is 2.26. The van der Waals surface area contributed by atoms with Crippen LogP contribution in [-0.4, -0.2) is 27.3 Å². The number of fused-ring (bicyclic) bond motifs is 1. The molecule has 0 saturated carbocycles. The highest BCUT2D eigenvalue weighted by atomic mass is 19.4. The lowest BCUT2D eigenvalue weighted by molar-refractivity contribution is -0.131. The van der Waals surface area contributed by atoms with Crippen LogP contribution in [0.4, 0.5) is 19.1 Å². The van der Waals surface area contributed by atoms with Crippen LogP contribution in [0.5, 0.6) is 0 Å². The van der Waals surface area contributed by atoms with Gasteiger partial charge >= 0.3 is 6.18 Å². The molecule has 0 spiro atoms. The van der Waals surface area contributed by atoms with Crippen molar-refractivity contribution in [2.24, 2.45) is 0 Å². The van der Waals surface area contributed by atoms with Crippen molar-refractivity contribution in [1.29, 1.82) is 0 Å². The number of pyridine rings is 1. The number of hydrogen-bond acceptors (Lipinski definition) is 3. The number of aryl methyl sites for hydroxylation is 1. The van der Waals surface area contributed by atoms with Crippen LogP contribution >= 0.6 is 0 Å². The average Bonchev–Trinajstić information content (AvgIpc) is 2.57. The summed E-state index contributed by atoms with van der Waals surface area (Å²) < 4.78 is 37.3. The van der Waals surface area contributed by atoms with E-state index in [1.807, 2.05) is 13.0 Å². The molecule has 17 heavy (non-hydrogen) atoms. The second-order valence-corrected chi connectivity index (χ2v) is 3.74. The van der Waals surface area contributed by atoms with Crippen LogP contribution in [0.15, 0.2) is 18.3 Å². The lowest BCUT2D eigenvalue weighted by atomic mass is 10.3. The van der Waals surface area contributed by atoms with Crippen molar-refractivity contribution >= 4 is 11.6 Å². The van der Waals surface area contributed by atoms with E-state index in [1.165, 1.54) is 4.52 Å². The van der Waals surface area contributed by atoms with Gasteiger partial charge in [-0.3, -0.25) is 0 Å². The number of halogens is 3. The minimum absolute atomic E-state index is 0.208. The fraction of sp³-hybridized carbons (Fsp3) is 0.400. The number of nitrogens with one attached hydrogen (secondary N) is 1. The van der Waals surface area contributed by atoms with Crippen LogP contribution in [-0.2, 0) is 0 Å². The summed E-state index contributed by atoms with van der Waals surface area (Å²) in [7, 11) is 0. The molecule has 92 valence electrons. The Hall–Kier alpha value is -1.79. The van der Waals surface area contributed by atoms with Crippen LogP contribution in [0.1, 0.15) is 12.0 Å². The molecule has 0 atom stereocenters. The van der Waals surface area contributed by atoms with E-state index in [0.717, 1.165) is 5.56 Å². The van der Waals surface area contributed by atoms with Crippen molar-refractivity contribution in [2.45, 2.75) is 19.5 Å². The summed E-state index contributed by atoms with van der Waals surface area (Å²) >= 11 is 0. The molecule has 7 heteroatoms. The minimum atomic E-state index is -4.16. The van der Waals surface area contributed by atoms with Crippen molar-refractivity contribution in [2.75, 3.05) is 11.9 Å². The second kappa shape index (κ2) is 4.23. The van der Waals surface area contributed by atoms with Gasteiger partial charge in [-0.05, 0) is 18.6 Å². The first kappa shape index (κ1) is 11.7. The Bertz CT molecular complexity index is 518. The first-order chi connectivity index (χ1) is 7.94. The molecule has 1 N–H and O–H groups in total. The molecule has 2 rings (SSSR count). The zero-order valence-electron chi connectivity index (χ0n) is 9.12. The Balaban J connectivity index is 2.05. The topological polar surface area (TPSA) is 42.2 Å². The molecule has 0 aliphatic rings. The predicted molar refractivity (Wildman–Crippen MR) is 56.9 cm³/mol. The molecule has 0 aromatic carbocycles. The largest absolute Gasteiger partial charge is 0.390 e. The van der Waals surface area contributed by atoms with Crippen molar-refractivity contribution in [3.63, 3.8) is 0 Å². The molecule has 0 aliphatic heterocycles. The van der Waals surface area contributed by atoms with E-state index in [2.05, 4.69) is 15.4 Å². The van der Waals surface area contributed by atoms with E-state index in [9.17, 15) is 13.2 Å². The van der Waals surface area contributed by atoms with Gasteiger partial charge in [0.25, 0.3) is 0 Å². The lowest BCUT2D eigenvalue weighted by Crippen LogP contribution is -2.15. The van der Waals surface area contributed by atoms with E-state index in [4.69, 9.17) is 0 Å². The molecule has 2 heterocycles. The van der Waals surface area contributed by atoms with E-state index in [-0.39, 0.29) is 12.5 Å². The van der Waals surface area contributed by atoms with E-state index in [1.54, 1.807) is 12.3 Å². The number of aromatic nitrogens is 3. The second-order valence-electron chi connectivity index (χ2n) is 3.74. The summed E-state index contributed by atoms with van der Waals surface area (Å²) in [6.45, 7) is 1.68. The van der Waals surface area contributed by atoms with Crippen LogP contribution in [0, 0.1) is 6.92 Å². The monoisotopic (exact) mass is 244 g/mol. The van der Waals surface area contributed by atoms with Gasteiger partial charge in [-0.1, -0.05) is 6.07 Å². The summed E-state index contributed by atoms with van der Waals surface area (Å²) in [5, 5.41) is 6.57. The SMILES string of the molecule is Cc1ccc2nc(NCCC(F)(F)F)nn2c1. The van der Waals surface area contributed by atoms with Crippen LogP contribution < -0.4 is 5.32 Å². The molecular formula is C10H11F3N4. The smallest absolute Gasteiger partial charge is 0.353 e. The van der Waals surface area contributed by atoms with Crippen molar-refractivity contribution in [3.05, 3.63) is 23.9 Å². The average molecular weight is 244 g/mol. The summed E-state index contributed by atoms with van der Waals surface area (Å²) in [5.74, 6) is 0.208. The molecule has 4 nitrogen and oxygen atoms in total. The van der Waals surface area contributed by atoms with Gasteiger partial charge in [0.2, 0.25) is 5.95 Å². The maximum absolute atomic E-state index is 11.9. The molecule has 0 saturated heterocycles. The summed E-state index contributed by atoms with van der Waals surface area (Å²) in [5.41, 5.74) is 1.61. The van der Waals surface area contributed by atoms with Gasteiger partial charge in [0.15, 0.2) is 5.65 Å². The van der Waals surface area contributed by atoms with Crippen molar-refractivity contribution in [3.8, 4) is 0 Å². The molecule has 0 radical (unpaired) electrons. The standard InChI is InChI=1S/C10H11F3N4/c1-7-2-3-8-15-9(16-17(8)6-7)14-5-4-10(11,12)13/h2-3,6H,4-5H2,1H3,(H,14,16). The maximum atomic E-state index is 11.9. The third-order valence-electron chi connectivity index (χ3n) is 2.17. The van der Waals surface area contributed by atoms with Crippen molar-refractivity contribution < 1.29 is 13.2 Å². The number of nitrogens with zero attached hydrogens (tertiary/aromatic N) is 3.